The Morgan fingerprint density at radius 1 is 1.00 bits per heavy atom. The van der Waals surface area contributed by atoms with Crippen LogP contribution in [0.5, 0.6) is 11.5 Å². The van der Waals surface area contributed by atoms with Crippen LogP contribution in [0.3, 0.4) is 0 Å². The molecule has 0 aliphatic carbocycles. The van der Waals surface area contributed by atoms with Crippen LogP contribution in [0.15, 0.2) is 42.5 Å². The Morgan fingerprint density at radius 3 is 2.56 bits per heavy atom. The smallest absolute Gasteiger partial charge is 0.123 e. The molecule has 2 rings (SSSR count). The summed E-state index contributed by atoms with van der Waals surface area (Å²) in [4.78, 5) is 0. The average molecular weight is 210 g/mol. The highest BCUT2D eigenvalue weighted by atomic mass is 16.3. The van der Waals surface area contributed by atoms with Gasteiger partial charge in [0.05, 0.1) is 0 Å². The van der Waals surface area contributed by atoms with Gasteiger partial charge < -0.3 is 10.2 Å². The van der Waals surface area contributed by atoms with Crippen molar-refractivity contribution in [2.24, 2.45) is 0 Å². The first-order chi connectivity index (χ1) is 7.70. The summed E-state index contributed by atoms with van der Waals surface area (Å²) in [6.45, 7) is 0. The molecule has 0 saturated heterocycles. The highest BCUT2D eigenvalue weighted by Crippen LogP contribution is 2.32. The van der Waals surface area contributed by atoms with Crippen molar-refractivity contribution >= 4 is 0 Å². The summed E-state index contributed by atoms with van der Waals surface area (Å²) in [5.41, 5.74) is 2.08. The van der Waals surface area contributed by atoms with Crippen molar-refractivity contribution in [3.8, 4) is 35.0 Å². The molecule has 16 heavy (non-hydrogen) atoms. The second-order valence-electron chi connectivity index (χ2n) is 3.43. The van der Waals surface area contributed by atoms with E-state index in [9.17, 15) is 10.2 Å². The van der Waals surface area contributed by atoms with E-state index in [-0.39, 0.29) is 11.5 Å². The van der Waals surface area contributed by atoms with E-state index in [1.54, 1.807) is 6.07 Å². The third kappa shape index (κ3) is 1.84. The van der Waals surface area contributed by atoms with E-state index in [1.807, 2.05) is 18.2 Å². The predicted octanol–water partition coefficient (Wildman–Crippen LogP) is 2.75. The van der Waals surface area contributed by atoms with E-state index in [0.717, 1.165) is 11.1 Å². The number of hydrogen-bond acceptors (Lipinski definition) is 2. The number of rotatable bonds is 1. The second kappa shape index (κ2) is 4.00. The van der Waals surface area contributed by atoms with Crippen molar-refractivity contribution in [2.45, 2.75) is 0 Å². The molecular weight excluding hydrogens is 200 g/mol. The van der Waals surface area contributed by atoms with E-state index in [0.29, 0.717) is 5.56 Å². The van der Waals surface area contributed by atoms with Gasteiger partial charge in [0.15, 0.2) is 0 Å². The largest absolute Gasteiger partial charge is 0.508 e. The molecule has 2 heteroatoms. The fourth-order valence-corrected chi connectivity index (χ4v) is 1.53. The molecule has 0 bridgehead atoms. The zero-order valence-electron chi connectivity index (χ0n) is 8.51. The zero-order chi connectivity index (χ0) is 11.5. The fraction of sp³-hybridized carbons (Fsp3) is 0. The van der Waals surface area contributed by atoms with Gasteiger partial charge in [0.1, 0.15) is 11.5 Å². The molecule has 2 aromatic rings. The van der Waals surface area contributed by atoms with E-state index in [2.05, 4.69) is 5.92 Å². The van der Waals surface area contributed by atoms with Crippen LogP contribution in [0.4, 0.5) is 0 Å². The molecule has 0 aliphatic heterocycles. The van der Waals surface area contributed by atoms with Crippen LogP contribution in [-0.2, 0) is 0 Å². The van der Waals surface area contributed by atoms with Gasteiger partial charge >= 0.3 is 0 Å². The minimum atomic E-state index is 0.110. The lowest BCUT2D eigenvalue weighted by Crippen LogP contribution is -1.81. The number of benzene rings is 2. The molecule has 0 fully saturated rings. The predicted molar refractivity (Wildman–Crippen MR) is 63.1 cm³/mol. The molecule has 0 saturated carbocycles. The number of phenols is 2. The third-order valence-electron chi connectivity index (χ3n) is 2.32. The van der Waals surface area contributed by atoms with Gasteiger partial charge in [-0.2, -0.15) is 0 Å². The zero-order valence-corrected chi connectivity index (χ0v) is 8.51. The van der Waals surface area contributed by atoms with Gasteiger partial charge in [-0.15, -0.1) is 6.42 Å². The maximum atomic E-state index is 9.69. The topological polar surface area (TPSA) is 40.5 Å². The lowest BCUT2D eigenvalue weighted by atomic mass is 10.0. The Labute approximate surface area is 93.8 Å². The van der Waals surface area contributed by atoms with Crippen molar-refractivity contribution in [3.63, 3.8) is 0 Å². The number of aromatic hydroxyl groups is 2. The normalized spacial score (nSPS) is 9.69. The fourth-order valence-electron chi connectivity index (χ4n) is 1.53. The molecule has 2 nitrogen and oxygen atoms in total. The summed E-state index contributed by atoms with van der Waals surface area (Å²) in [6.07, 6.45) is 5.30. The summed E-state index contributed by atoms with van der Waals surface area (Å²) >= 11 is 0. The Balaban J connectivity index is 2.58. The minimum Gasteiger partial charge on any atom is -0.508 e. The van der Waals surface area contributed by atoms with E-state index < -0.39 is 0 Å². The Hall–Kier alpha value is -2.40. The Morgan fingerprint density at radius 2 is 1.81 bits per heavy atom. The molecule has 2 aromatic carbocycles. The molecule has 0 spiro atoms. The summed E-state index contributed by atoms with van der Waals surface area (Å²) in [5, 5.41) is 19.1. The highest BCUT2D eigenvalue weighted by Gasteiger charge is 2.05. The maximum absolute atomic E-state index is 9.69. The number of terminal acetylenes is 1. The monoisotopic (exact) mass is 210 g/mol. The highest BCUT2D eigenvalue weighted by molar-refractivity contribution is 5.72. The SMILES string of the molecule is C#Cc1cccc(-c2cc(O)ccc2O)c1. The first-order valence-electron chi connectivity index (χ1n) is 4.80. The van der Waals surface area contributed by atoms with Crippen LogP contribution in [0, 0.1) is 12.3 Å². The molecule has 0 heterocycles. The summed E-state index contributed by atoms with van der Waals surface area (Å²) in [7, 11) is 0. The van der Waals surface area contributed by atoms with Crippen LogP contribution in [0.25, 0.3) is 11.1 Å². The van der Waals surface area contributed by atoms with Crippen LogP contribution in [0.2, 0.25) is 0 Å². The molecule has 0 amide bonds. The lowest BCUT2D eigenvalue weighted by Gasteiger charge is -2.05. The Bertz CT molecular complexity index is 565. The van der Waals surface area contributed by atoms with Gasteiger partial charge in [-0.05, 0) is 35.9 Å². The number of phenolic OH excluding ortho intramolecular Hbond substituents is 2. The van der Waals surface area contributed by atoms with Gasteiger partial charge in [0, 0.05) is 11.1 Å². The van der Waals surface area contributed by atoms with Crippen molar-refractivity contribution in [3.05, 3.63) is 48.0 Å². The quantitative estimate of drug-likeness (QED) is 0.561. The third-order valence-corrected chi connectivity index (χ3v) is 2.32. The Kier molecular flexibility index (Phi) is 2.53. The van der Waals surface area contributed by atoms with Gasteiger partial charge in [-0.25, -0.2) is 0 Å². The van der Waals surface area contributed by atoms with Gasteiger partial charge in [0.2, 0.25) is 0 Å². The molecule has 2 N–H and O–H groups in total. The molecule has 78 valence electrons. The number of hydrogen-bond donors (Lipinski definition) is 2. The molecule has 0 aliphatic rings. The van der Waals surface area contributed by atoms with Crippen molar-refractivity contribution < 1.29 is 10.2 Å². The van der Waals surface area contributed by atoms with Crippen molar-refractivity contribution in [1.82, 2.24) is 0 Å². The van der Waals surface area contributed by atoms with Crippen LogP contribution >= 0.6 is 0 Å². The average Bonchev–Trinajstić information content (AvgIpc) is 2.32. The minimum absolute atomic E-state index is 0.110. The van der Waals surface area contributed by atoms with E-state index in [4.69, 9.17) is 6.42 Å². The van der Waals surface area contributed by atoms with Crippen LogP contribution in [-0.4, -0.2) is 10.2 Å². The molecule has 0 unspecified atom stereocenters. The standard InChI is InChI=1S/C14H10O2/c1-2-10-4-3-5-11(8-10)13-9-12(15)6-7-14(13)16/h1,3-9,15-16H. The van der Waals surface area contributed by atoms with Crippen LogP contribution < -0.4 is 0 Å². The molecule has 0 aromatic heterocycles. The molecule has 0 radical (unpaired) electrons. The van der Waals surface area contributed by atoms with E-state index in [1.165, 1.54) is 18.2 Å². The first-order valence-corrected chi connectivity index (χ1v) is 4.80. The maximum Gasteiger partial charge on any atom is 0.123 e. The van der Waals surface area contributed by atoms with Gasteiger partial charge in [-0.1, -0.05) is 18.1 Å². The van der Waals surface area contributed by atoms with Gasteiger partial charge in [-0.3, -0.25) is 0 Å². The van der Waals surface area contributed by atoms with Gasteiger partial charge in [0.25, 0.3) is 0 Å². The van der Waals surface area contributed by atoms with Crippen molar-refractivity contribution in [1.29, 1.82) is 0 Å². The summed E-state index contributed by atoms with van der Waals surface area (Å²) < 4.78 is 0. The molecule has 0 atom stereocenters. The second-order valence-corrected chi connectivity index (χ2v) is 3.43. The van der Waals surface area contributed by atoms with Crippen molar-refractivity contribution in [2.75, 3.05) is 0 Å². The lowest BCUT2D eigenvalue weighted by molar-refractivity contribution is 0.462. The summed E-state index contributed by atoms with van der Waals surface area (Å²) in [5.74, 6) is 2.75. The van der Waals surface area contributed by atoms with E-state index >= 15 is 0 Å². The summed E-state index contributed by atoms with van der Waals surface area (Å²) in [6, 6.07) is 11.6. The first kappa shape index (κ1) is 10.1. The van der Waals surface area contributed by atoms with Crippen LogP contribution in [0.1, 0.15) is 5.56 Å². The molecular formula is C14H10O2.